The maximum Gasteiger partial charge on any atom is 0.326 e. The average Bonchev–Trinajstić information content (AvgIpc) is 2.59. The third kappa shape index (κ3) is 3.34. The van der Waals surface area contributed by atoms with Crippen LogP contribution in [0, 0.1) is 0 Å². The first-order valence-electron chi connectivity index (χ1n) is 7.42. The molecule has 5 heteroatoms. The van der Waals surface area contributed by atoms with Gasteiger partial charge in [-0.3, -0.25) is 4.79 Å². The van der Waals surface area contributed by atoms with Crippen molar-refractivity contribution in [2.75, 3.05) is 6.61 Å². The van der Waals surface area contributed by atoms with Crippen molar-refractivity contribution in [1.29, 1.82) is 0 Å². The van der Waals surface area contributed by atoms with Crippen LogP contribution in [0.5, 0.6) is 5.75 Å². The molecular formula is C18H17NO4. The molecule has 1 heterocycles. The van der Waals surface area contributed by atoms with E-state index in [0.29, 0.717) is 18.7 Å². The molecule has 0 saturated carbocycles. The highest BCUT2D eigenvalue weighted by molar-refractivity contribution is 5.85. The van der Waals surface area contributed by atoms with E-state index in [4.69, 9.17) is 4.74 Å². The molecule has 3 rings (SSSR count). The number of carboxylic acid groups (broad SMARTS) is 1. The van der Waals surface area contributed by atoms with Gasteiger partial charge in [0.25, 0.3) is 5.91 Å². The summed E-state index contributed by atoms with van der Waals surface area (Å²) in [5.41, 5.74) is 1.96. The van der Waals surface area contributed by atoms with Crippen LogP contribution in [0.2, 0.25) is 0 Å². The molecule has 1 aliphatic rings. The van der Waals surface area contributed by atoms with E-state index in [-0.39, 0.29) is 12.5 Å². The SMILES string of the molecule is O=C(O)C1Cc2ccccc2CN1C(=O)COc1ccccc1. The maximum absolute atomic E-state index is 12.4. The molecule has 0 radical (unpaired) electrons. The lowest BCUT2D eigenvalue weighted by Gasteiger charge is -2.34. The van der Waals surface area contributed by atoms with Crippen molar-refractivity contribution in [3.05, 3.63) is 65.7 Å². The number of amides is 1. The summed E-state index contributed by atoms with van der Waals surface area (Å²) in [6.45, 7) is 0.125. The van der Waals surface area contributed by atoms with Gasteiger partial charge in [-0.15, -0.1) is 0 Å². The molecule has 0 spiro atoms. The van der Waals surface area contributed by atoms with Gasteiger partial charge < -0.3 is 14.7 Å². The highest BCUT2D eigenvalue weighted by Crippen LogP contribution is 2.23. The molecule has 1 amide bonds. The zero-order valence-electron chi connectivity index (χ0n) is 12.5. The second kappa shape index (κ2) is 6.52. The van der Waals surface area contributed by atoms with E-state index < -0.39 is 12.0 Å². The molecule has 0 aliphatic carbocycles. The van der Waals surface area contributed by atoms with Gasteiger partial charge in [0.1, 0.15) is 11.8 Å². The summed E-state index contributed by atoms with van der Waals surface area (Å²) >= 11 is 0. The Kier molecular flexibility index (Phi) is 4.28. The standard InChI is InChI=1S/C18H17NO4/c20-17(12-23-15-8-2-1-3-9-15)19-11-14-7-5-4-6-13(14)10-16(19)18(21)22/h1-9,16H,10-12H2,(H,21,22). The fourth-order valence-electron chi connectivity index (χ4n) is 2.75. The minimum atomic E-state index is -0.993. The van der Waals surface area contributed by atoms with Crippen LogP contribution in [0.1, 0.15) is 11.1 Å². The number of para-hydroxylation sites is 1. The highest BCUT2D eigenvalue weighted by atomic mass is 16.5. The Morgan fingerprint density at radius 3 is 2.39 bits per heavy atom. The summed E-state index contributed by atoms with van der Waals surface area (Å²) < 4.78 is 5.45. The predicted octanol–water partition coefficient (Wildman–Crippen LogP) is 2.10. The molecule has 2 aromatic carbocycles. The fraction of sp³-hybridized carbons (Fsp3) is 0.222. The summed E-state index contributed by atoms with van der Waals surface area (Å²) in [6.07, 6.45) is 0.322. The number of fused-ring (bicyclic) bond motifs is 1. The number of carboxylic acids is 1. The van der Waals surface area contributed by atoms with E-state index in [1.54, 1.807) is 12.1 Å². The zero-order chi connectivity index (χ0) is 16.2. The van der Waals surface area contributed by atoms with Gasteiger partial charge in [0.05, 0.1) is 0 Å². The molecule has 1 atom stereocenters. The van der Waals surface area contributed by atoms with Crippen LogP contribution < -0.4 is 4.74 Å². The second-order valence-corrected chi connectivity index (χ2v) is 5.45. The number of aliphatic carboxylic acids is 1. The Labute approximate surface area is 134 Å². The molecule has 23 heavy (non-hydrogen) atoms. The maximum atomic E-state index is 12.4. The Balaban J connectivity index is 1.74. The van der Waals surface area contributed by atoms with Crippen LogP contribution in [0.4, 0.5) is 0 Å². The molecule has 0 bridgehead atoms. The predicted molar refractivity (Wildman–Crippen MR) is 84.1 cm³/mol. The lowest BCUT2D eigenvalue weighted by Crippen LogP contribution is -2.50. The van der Waals surface area contributed by atoms with Gasteiger partial charge in [0, 0.05) is 13.0 Å². The van der Waals surface area contributed by atoms with Crippen LogP contribution in [0.15, 0.2) is 54.6 Å². The van der Waals surface area contributed by atoms with E-state index in [0.717, 1.165) is 11.1 Å². The van der Waals surface area contributed by atoms with Gasteiger partial charge in [-0.2, -0.15) is 0 Å². The molecular weight excluding hydrogens is 294 g/mol. The van der Waals surface area contributed by atoms with Gasteiger partial charge in [-0.1, -0.05) is 42.5 Å². The van der Waals surface area contributed by atoms with E-state index in [2.05, 4.69) is 0 Å². The number of hydrogen-bond acceptors (Lipinski definition) is 3. The monoisotopic (exact) mass is 311 g/mol. The van der Waals surface area contributed by atoms with Crippen LogP contribution in [-0.2, 0) is 22.6 Å². The van der Waals surface area contributed by atoms with E-state index in [9.17, 15) is 14.7 Å². The molecule has 0 aromatic heterocycles. The first kappa shape index (κ1) is 15.1. The van der Waals surface area contributed by atoms with Gasteiger partial charge in [-0.25, -0.2) is 4.79 Å². The summed E-state index contributed by atoms with van der Waals surface area (Å²) in [5, 5.41) is 9.43. The third-order valence-electron chi connectivity index (χ3n) is 3.96. The fourth-order valence-corrected chi connectivity index (χ4v) is 2.75. The van der Waals surface area contributed by atoms with Crippen LogP contribution in [0.25, 0.3) is 0 Å². The summed E-state index contributed by atoms with van der Waals surface area (Å²) in [4.78, 5) is 25.3. The normalized spacial score (nSPS) is 16.5. The molecule has 1 N–H and O–H groups in total. The van der Waals surface area contributed by atoms with Crippen molar-refractivity contribution in [3.63, 3.8) is 0 Å². The smallest absolute Gasteiger partial charge is 0.326 e. The van der Waals surface area contributed by atoms with Crippen LogP contribution >= 0.6 is 0 Å². The summed E-state index contributed by atoms with van der Waals surface area (Å²) in [7, 11) is 0. The van der Waals surface area contributed by atoms with Gasteiger partial charge in [-0.05, 0) is 23.3 Å². The largest absolute Gasteiger partial charge is 0.484 e. The topological polar surface area (TPSA) is 66.8 Å². The number of ether oxygens (including phenoxy) is 1. The lowest BCUT2D eigenvalue weighted by molar-refractivity contribution is -0.152. The van der Waals surface area contributed by atoms with Crippen molar-refractivity contribution in [2.24, 2.45) is 0 Å². The number of carbonyl (C=O) groups excluding carboxylic acids is 1. The number of benzene rings is 2. The van der Waals surface area contributed by atoms with Crippen molar-refractivity contribution in [1.82, 2.24) is 4.90 Å². The first-order valence-corrected chi connectivity index (χ1v) is 7.42. The van der Waals surface area contributed by atoms with Crippen molar-refractivity contribution in [2.45, 2.75) is 19.0 Å². The number of hydrogen-bond donors (Lipinski definition) is 1. The Morgan fingerprint density at radius 1 is 1.04 bits per heavy atom. The molecule has 1 unspecified atom stereocenters. The van der Waals surface area contributed by atoms with Crippen LogP contribution in [-0.4, -0.2) is 34.5 Å². The molecule has 5 nitrogen and oxygen atoms in total. The first-order chi connectivity index (χ1) is 11.1. The van der Waals surface area contributed by atoms with Crippen LogP contribution in [0.3, 0.4) is 0 Å². The third-order valence-corrected chi connectivity index (χ3v) is 3.96. The van der Waals surface area contributed by atoms with Gasteiger partial charge >= 0.3 is 5.97 Å². The molecule has 0 fully saturated rings. The number of rotatable bonds is 4. The molecule has 118 valence electrons. The molecule has 0 saturated heterocycles. The lowest BCUT2D eigenvalue weighted by atomic mass is 9.94. The Bertz CT molecular complexity index is 714. The van der Waals surface area contributed by atoms with Crippen molar-refractivity contribution in [3.8, 4) is 5.75 Å². The van der Waals surface area contributed by atoms with Gasteiger partial charge in [0.2, 0.25) is 0 Å². The Morgan fingerprint density at radius 2 is 1.70 bits per heavy atom. The average molecular weight is 311 g/mol. The zero-order valence-corrected chi connectivity index (χ0v) is 12.5. The minimum Gasteiger partial charge on any atom is -0.484 e. The quantitative estimate of drug-likeness (QED) is 0.939. The van der Waals surface area contributed by atoms with E-state index >= 15 is 0 Å². The summed E-state index contributed by atoms with van der Waals surface area (Å²) in [6, 6.07) is 15.8. The van der Waals surface area contributed by atoms with Crippen molar-refractivity contribution < 1.29 is 19.4 Å². The highest BCUT2D eigenvalue weighted by Gasteiger charge is 2.34. The summed E-state index contributed by atoms with van der Waals surface area (Å²) in [5.74, 6) is -0.728. The number of nitrogens with zero attached hydrogens (tertiary/aromatic N) is 1. The van der Waals surface area contributed by atoms with E-state index in [1.807, 2.05) is 42.5 Å². The molecule has 2 aromatic rings. The van der Waals surface area contributed by atoms with E-state index in [1.165, 1.54) is 4.90 Å². The van der Waals surface area contributed by atoms with Gasteiger partial charge in [0.15, 0.2) is 6.61 Å². The molecule has 1 aliphatic heterocycles. The Hall–Kier alpha value is -2.82. The number of carbonyl (C=O) groups is 2. The minimum absolute atomic E-state index is 0.171. The van der Waals surface area contributed by atoms with Crippen molar-refractivity contribution >= 4 is 11.9 Å². The second-order valence-electron chi connectivity index (χ2n) is 5.45.